The maximum atomic E-state index is 13.1. The van der Waals surface area contributed by atoms with E-state index in [1.54, 1.807) is 35.3 Å². The Labute approximate surface area is 209 Å². The first-order valence-corrected chi connectivity index (χ1v) is 12.1. The van der Waals surface area contributed by atoms with Gasteiger partial charge in [0.15, 0.2) is 0 Å². The lowest BCUT2D eigenvalue weighted by Crippen LogP contribution is -2.55. The number of aryl methyl sites for hydroxylation is 1. The minimum absolute atomic E-state index is 0.0129. The molecule has 0 saturated carbocycles. The van der Waals surface area contributed by atoms with Crippen LogP contribution >= 0.6 is 0 Å². The van der Waals surface area contributed by atoms with Crippen molar-refractivity contribution in [3.8, 4) is 0 Å². The van der Waals surface area contributed by atoms with Crippen molar-refractivity contribution in [3.63, 3.8) is 0 Å². The minimum atomic E-state index is -0.528. The maximum Gasteiger partial charge on any atom is 0.410 e. The van der Waals surface area contributed by atoms with Gasteiger partial charge >= 0.3 is 12.1 Å². The SMILES string of the molecule is Cc1nc2ncc(NC(=O)N3CCc4c(N5CCN(C(=O)OC(C)(C)C)[C@@H](C)C5)ccnc43)cn2n1. The van der Waals surface area contributed by atoms with Crippen molar-refractivity contribution in [2.75, 3.05) is 41.3 Å². The zero-order valence-electron chi connectivity index (χ0n) is 21.2. The Morgan fingerprint density at radius 3 is 2.72 bits per heavy atom. The van der Waals surface area contributed by atoms with Crippen molar-refractivity contribution in [2.24, 2.45) is 0 Å². The Balaban J connectivity index is 1.29. The lowest BCUT2D eigenvalue weighted by Gasteiger charge is -2.41. The Kier molecular flexibility index (Phi) is 5.89. The monoisotopic (exact) mass is 493 g/mol. The van der Waals surface area contributed by atoms with Crippen LogP contribution in [0.4, 0.5) is 26.8 Å². The van der Waals surface area contributed by atoms with Gasteiger partial charge in [0, 0.05) is 49.7 Å². The van der Waals surface area contributed by atoms with E-state index in [1.807, 2.05) is 33.8 Å². The molecule has 3 aromatic rings. The summed E-state index contributed by atoms with van der Waals surface area (Å²) in [5.41, 5.74) is 2.08. The van der Waals surface area contributed by atoms with E-state index in [1.165, 1.54) is 4.52 Å². The van der Waals surface area contributed by atoms with Gasteiger partial charge in [0.05, 0.1) is 18.1 Å². The highest BCUT2D eigenvalue weighted by molar-refractivity contribution is 6.02. The van der Waals surface area contributed by atoms with Crippen LogP contribution in [0.15, 0.2) is 24.7 Å². The number of anilines is 3. The molecular weight excluding hydrogens is 462 g/mol. The highest BCUT2D eigenvalue weighted by atomic mass is 16.6. The molecule has 0 aliphatic carbocycles. The first kappa shape index (κ1) is 23.8. The summed E-state index contributed by atoms with van der Waals surface area (Å²) in [6.45, 7) is 11.9. The number of piperazine rings is 1. The molecule has 0 bridgehead atoms. The minimum Gasteiger partial charge on any atom is -0.444 e. The molecule has 12 nitrogen and oxygen atoms in total. The van der Waals surface area contributed by atoms with E-state index in [2.05, 4.69) is 30.3 Å². The second-order valence-corrected chi connectivity index (χ2v) is 10.2. The predicted octanol–water partition coefficient (Wildman–Crippen LogP) is 2.87. The molecule has 5 heterocycles. The number of amides is 3. The first-order valence-electron chi connectivity index (χ1n) is 12.1. The van der Waals surface area contributed by atoms with E-state index in [0.717, 1.165) is 11.3 Å². The topological polar surface area (TPSA) is 121 Å². The smallest absolute Gasteiger partial charge is 0.410 e. The number of carbonyl (C=O) groups excluding carboxylic acids is 2. The molecule has 1 atom stereocenters. The lowest BCUT2D eigenvalue weighted by molar-refractivity contribution is 0.0159. The van der Waals surface area contributed by atoms with Gasteiger partial charge in [0.25, 0.3) is 5.78 Å². The lowest BCUT2D eigenvalue weighted by atomic mass is 10.1. The summed E-state index contributed by atoms with van der Waals surface area (Å²) < 4.78 is 7.11. The molecule has 2 aliphatic rings. The van der Waals surface area contributed by atoms with Gasteiger partial charge in [0.2, 0.25) is 0 Å². The Morgan fingerprint density at radius 1 is 1.17 bits per heavy atom. The molecule has 1 fully saturated rings. The standard InChI is InChI=1S/C24H31N9O3/c1-15-13-30(10-11-31(15)23(35)36-24(3,4)5)19-6-8-25-20-18(19)7-9-32(20)22(34)28-17-12-26-21-27-16(2)29-33(21)14-17/h6,8,12,14-15H,7,9-11,13H2,1-5H3,(H,28,34)/t15-/m0/s1. The number of nitrogens with one attached hydrogen (secondary N) is 1. The summed E-state index contributed by atoms with van der Waals surface area (Å²) in [4.78, 5) is 44.4. The molecule has 3 amide bonds. The number of hydrogen-bond acceptors (Lipinski definition) is 8. The van der Waals surface area contributed by atoms with Gasteiger partial charge < -0.3 is 19.9 Å². The van der Waals surface area contributed by atoms with Crippen molar-refractivity contribution in [3.05, 3.63) is 36.0 Å². The molecule has 1 saturated heterocycles. The zero-order chi connectivity index (χ0) is 25.6. The van der Waals surface area contributed by atoms with Crippen molar-refractivity contribution in [2.45, 2.75) is 52.7 Å². The molecule has 0 unspecified atom stereocenters. The summed E-state index contributed by atoms with van der Waals surface area (Å²) in [6.07, 6.45) is 5.40. The molecule has 3 aromatic heterocycles. The van der Waals surface area contributed by atoms with Crippen molar-refractivity contribution in [1.82, 2.24) is 29.5 Å². The van der Waals surface area contributed by atoms with Crippen molar-refractivity contribution < 1.29 is 14.3 Å². The molecule has 0 radical (unpaired) electrons. The quantitative estimate of drug-likeness (QED) is 0.579. The predicted molar refractivity (Wildman–Crippen MR) is 134 cm³/mol. The van der Waals surface area contributed by atoms with Crippen LogP contribution in [0, 0.1) is 6.92 Å². The molecule has 2 aliphatic heterocycles. The molecule has 1 N–H and O–H groups in total. The van der Waals surface area contributed by atoms with Crippen LogP contribution in [0.1, 0.15) is 39.1 Å². The summed E-state index contributed by atoms with van der Waals surface area (Å²) in [5.74, 6) is 1.74. The number of fused-ring (bicyclic) bond motifs is 2. The average molecular weight is 494 g/mol. The van der Waals surface area contributed by atoms with Gasteiger partial charge in [-0.3, -0.25) is 4.90 Å². The molecule has 0 spiro atoms. The average Bonchev–Trinajstić information content (AvgIpc) is 3.40. The third-order valence-corrected chi connectivity index (χ3v) is 6.24. The molecular formula is C24H31N9O3. The van der Waals surface area contributed by atoms with Gasteiger partial charge in [-0.25, -0.2) is 24.1 Å². The third-order valence-electron chi connectivity index (χ3n) is 6.24. The van der Waals surface area contributed by atoms with Gasteiger partial charge in [-0.1, -0.05) is 0 Å². The number of rotatable bonds is 2. The third kappa shape index (κ3) is 4.62. The number of carbonyl (C=O) groups is 2. The highest BCUT2D eigenvalue weighted by Crippen LogP contribution is 2.35. The molecule has 12 heteroatoms. The maximum absolute atomic E-state index is 13.1. The van der Waals surface area contributed by atoms with Crippen LogP contribution in [-0.4, -0.2) is 79.4 Å². The van der Waals surface area contributed by atoms with E-state index in [-0.39, 0.29) is 18.2 Å². The first-order chi connectivity index (χ1) is 17.1. The van der Waals surface area contributed by atoms with Crippen LogP contribution in [-0.2, 0) is 11.2 Å². The van der Waals surface area contributed by atoms with Gasteiger partial charge in [-0.15, -0.1) is 0 Å². The molecule has 36 heavy (non-hydrogen) atoms. The van der Waals surface area contributed by atoms with Crippen LogP contribution in [0.5, 0.6) is 0 Å². The number of pyridine rings is 1. The number of nitrogens with zero attached hydrogens (tertiary/aromatic N) is 8. The second kappa shape index (κ2) is 8.92. The number of aromatic nitrogens is 5. The van der Waals surface area contributed by atoms with Crippen LogP contribution in [0.2, 0.25) is 0 Å². The van der Waals surface area contributed by atoms with Crippen LogP contribution < -0.4 is 15.1 Å². The largest absolute Gasteiger partial charge is 0.444 e. The number of ether oxygens (including phenoxy) is 1. The Morgan fingerprint density at radius 2 is 1.97 bits per heavy atom. The Bertz CT molecular complexity index is 1320. The van der Waals surface area contributed by atoms with E-state index in [9.17, 15) is 9.59 Å². The summed E-state index contributed by atoms with van der Waals surface area (Å²) in [7, 11) is 0. The van der Waals surface area contributed by atoms with Crippen LogP contribution in [0.25, 0.3) is 5.78 Å². The number of hydrogen-bond donors (Lipinski definition) is 1. The van der Waals surface area contributed by atoms with Crippen molar-refractivity contribution >= 4 is 35.1 Å². The fourth-order valence-corrected chi connectivity index (χ4v) is 4.68. The summed E-state index contributed by atoms with van der Waals surface area (Å²) in [5, 5.41) is 7.14. The summed E-state index contributed by atoms with van der Waals surface area (Å²) in [6, 6.07) is 1.70. The fourth-order valence-electron chi connectivity index (χ4n) is 4.68. The van der Waals surface area contributed by atoms with E-state index >= 15 is 0 Å². The molecule has 190 valence electrons. The Hall–Kier alpha value is -3.96. The normalized spacial score (nSPS) is 17.9. The highest BCUT2D eigenvalue weighted by Gasteiger charge is 2.34. The van der Waals surface area contributed by atoms with Gasteiger partial charge in [-0.05, 0) is 47.1 Å². The molecule has 5 rings (SSSR count). The second-order valence-electron chi connectivity index (χ2n) is 10.2. The summed E-state index contributed by atoms with van der Waals surface area (Å²) >= 11 is 0. The van der Waals surface area contributed by atoms with Crippen LogP contribution in [0.3, 0.4) is 0 Å². The number of urea groups is 1. The van der Waals surface area contributed by atoms with E-state index < -0.39 is 5.60 Å². The van der Waals surface area contributed by atoms with Crippen molar-refractivity contribution in [1.29, 1.82) is 0 Å². The van der Waals surface area contributed by atoms with E-state index in [0.29, 0.717) is 55.7 Å². The zero-order valence-corrected chi connectivity index (χ0v) is 21.2. The fraction of sp³-hybridized carbons (Fsp3) is 0.500. The van der Waals surface area contributed by atoms with Gasteiger partial charge in [-0.2, -0.15) is 10.1 Å². The van der Waals surface area contributed by atoms with E-state index in [4.69, 9.17) is 4.74 Å². The molecule has 0 aromatic carbocycles. The van der Waals surface area contributed by atoms with Gasteiger partial charge in [0.1, 0.15) is 17.2 Å².